The van der Waals surface area contributed by atoms with Gasteiger partial charge in [0.25, 0.3) is 0 Å². The predicted molar refractivity (Wildman–Crippen MR) is 70.4 cm³/mol. The molecule has 94 valence electrons. The summed E-state index contributed by atoms with van der Waals surface area (Å²) in [6.07, 6.45) is 5.08. The van der Waals surface area contributed by atoms with Crippen LogP contribution in [0.4, 0.5) is 4.39 Å². The second-order valence-corrected chi connectivity index (χ2v) is 4.92. The number of hydrogen-bond acceptors (Lipinski definition) is 4. The van der Waals surface area contributed by atoms with Crippen LogP contribution in [-0.4, -0.2) is 20.8 Å². The molecule has 0 N–H and O–H groups in total. The third kappa shape index (κ3) is 3.78. The van der Waals surface area contributed by atoms with Gasteiger partial charge >= 0.3 is 0 Å². The molecule has 2 aromatic rings. The van der Waals surface area contributed by atoms with E-state index in [9.17, 15) is 4.39 Å². The molecule has 0 saturated heterocycles. The fourth-order valence-electron chi connectivity index (χ4n) is 1.48. The minimum absolute atomic E-state index is 0.203. The zero-order valence-corrected chi connectivity index (χ0v) is 10.9. The highest BCUT2D eigenvalue weighted by Crippen LogP contribution is 2.22. The van der Waals surface area contributed by atoms with Gasteiger partial charge in [0.15, 0.2) is 0 Å². The van der Waals surface area contributed by atoms with Crippen LogP contribution in [0.25, 0.3) is 0 Å². The summed E-state index contributed by atoms with van der Waals surface area (Å²) in [6, 6.07) is 6.58. The molecule has 18 heavy (non-hydrogen) atoms. The van der Waals surface area contributed by atoms with E-state index in [0.717, 1.165) is 23.5 Å². The standard InChI is InChI=1S/C13H14FN3S/c1-2-17(18-13-7-15-10-16-8-13)9-11-3-5-12(14)6-4-11/h3-8,10H,2,9H2,1H3. The summed E-state index contributed by atoms with van der Waals surface area (Å²) in [4.78, 5) is 8.97. The van der Waals surface area contributed by atoms with E-state index in [1.165, 1.54) is 18.5 Å². The number of hydrogen-bond donors (Lipinski definition) is 0. The molecule has 0 aliphatic carbocycles. The summed E-state index contributed by atoms with van der Waals surface area (Å²) in [6.45, 7) is 3.73. The molecule has 3 nitrogen and oxygen atoms in total. The van der Waals surface area contributed by atoms with Gasteiger partial charge in [0.05, 0.1) is 4.90 Å². The van der Waals surface area contributed by atoms with E-state index in [4.69, 9.17) is 0 Å². The normalized spacial score (nSPS) is 10.8. The third-order valence-corrected chi connectivity index (χ3v) is 3.46. The van der Waals surface area contributed by atoms with E-state index in [0.29, 0.717) is 0 Å². The Kier molecular flexibility index (Phi) is 4.66. The first-order valence-corrected chi connectivity index (χ1v) is 6.47. The molecule has 2 rings (SSSR count). The van der Waals surface area contributed by atoms with Crippen molar-refractivity contribution in [1.82, 2.24) is 14.3 Å². The van der Waals surface area contributed by atoms with Crippen molar-refractivity contribution in [3.05, 3.63) is 54.4 Å². The molecule has 0 saturated carbocycles. The molecule has 0 atom stereocenters. The van der Waals surface area contributed by atoms with Crippen LogP contribution in [0.1, 0.15) is 12.5 Å². The largest absolute Gasteiger partial charge is 0.244 e. The van der Waals surface area contributed by atoms with E-state index >= 15 is 0 Å². The Hall–Kier alpha value is -1.46. The van der Waals surface area contributed by atoms with E-state index in [2.05, 4.69) is 21.2 Å². The van der Waals surface area contributed by atoms with Crippen LogP contribution in [0, 0.1) is 5.82 Å². The van der Waals surface area contributed by atoms with Gasteiger partial charge in [-0.05, 0) is 29.6 Å². The monoisotopic (exact) mass is 263 g/mol. The fraction of sp³-hybridized carbons (Fsp3) is 0.231. The maximum atomic E-state index is 12.8. The van der Waals surface area contributed by atoms with Crippen LogP contribution in [-0.2, 0) is 6.54 Å². The maximum Gasteiger partial charge on any atom is 0.123 e. The lowest BCUT2D eigenvalue weighted by molar-refractivity contribution is 0.492. The van der Waals surface area contributed by atoms with Gasteiger partial charge in [0.2, 0.25) is 0 Å². The smallest absolute Gasteiger partial charge is 0.123 e. The average molecular weight is 263 g/mol. The van der Waals surface area contributed by atoms with Gasteiger partial charge in [0.1, 0.15) is 12.1 Å². The number of halogens is 1. The van der Waals surface area contributed by atoms with Gasteiger partial charge in [-0.25, -0.2) is 18.7 Å². The lowest BCUT2D eigenvalue weighted by Crippen LogP contribution is -2.14. The highest BCUT2D eigenvalue weighted by Gasteiger charge is 2.06. The van der Waals surface area contributed by atoms with Crippen LogP contribution in [0.15, 0.2) is 47.9 Å². The molecule has 1 heterocycles. The lowest BCUT2D eigenvalue weighted by atomic mass is 10.2. The third-order valence-electron chi connectivity index (χ3n) is 2.40. The molecule has 0 aliphatic rings. The average Bonchev–Trinajstić information content (AvgIpc) is 2.41. The predicted octanol–water partition coefficient (Wildman–Crippen LogP) is 3.14. The summed E-state index contributed by atoms with van der Waals surface area (Å²) >= 11 is 1.60. The van der Waals surface area contributed by atoms with Gasteiger partial charge < -0.3 is 0 Å². The molecule has 1 aromatic heterocycles. The molecule has 0 radical (unpaired) electrons. The quantitative estimate of drug-likeness (QED) is 0.775. The summed E-state index contributed by atoms with van der Waals surface area (Å²) in [7, 11) is 0. The fourth-order valence-corrected chi connectivity index (χ4v) is 2.34. The number of aromatic nitrogens is 2. The number of rotatable bonds is 5. The van der Waals surface area contributed by atoms with Crippen LogP contribution < -0.4 is 0 Å². The van der Waals surface area contributed by atoms with Crippen LogP contribution in [0.3, 0.4) is 0 Å². The van der Waals surface area contributed by atoms with Crippen LogP contribution >= 0.6 is 11.9 Å². The zero-order valence-electron chi connectivity index (χ0n) is 10.1. The zero-order chi connectivity index (χ0) is 12.8. The highest BCUT2D eigenvalue weighted by molar-refractivity contribution is 7.97. The first-order valence-electron chi connectivity index (χ1n) is 5.70. The molecule has 1 aromatic carbocycles. The topological polar surface area (TPSA) is 29.0 Å². The van der Waals surface area contributed by atoms with Crippen molar-refractivity contribution >= 4 is 11.9 Å². The highest BCUT2D eigenvalue weighted by atomic mass is 32.2. The molecule has 0 unspecified atom stereocenters. The summed E-state index contributed by atoms with van der Waals surface area (Å²) in [5.41, 5.74) is 1.09. The van der Waals surface area contributed by atoms with Gasteiger partial charge in [-0.1, -0.05) is 19.1 Å². The van der Waals surface area contributed by atoms with Crippen molar-refractivity contribution in [3.8, 4) is 0 Å². The minimum Gasteiger partial charge on any atom is -0.244 e. The van der Waals surface area contributed by atoms with E-state index in [1.807, 2.05) is 0 Å². The molecule has 0 spiro atoms. The Morgan fingerprint density at radius 1 is 1.17 bits per heavy atom. The van der Waals surface area contributed by atoms with Crippen molar-refractivity contribution in [1.29, 1.82) is 0 Å². The Morgan fingerprint density at radius 2 is 1.83 bits per heavy atom. The van der Waals surface area contributed by atoms with E-state index in [-0.39, 0.29) is 5.82 Å². The summed E-state index contributed by atoms with van der Waals surface area (Å²) in [5, 5.41) is 0. The Balaban J connectivity index is 1.99. The summed E-state index contributed by atoms with van der Waals surface area (Å²) in [5.74, 6) is -0.203. The maximum absolute atomic E-state index is 12.8. The van der Waals surface area contributed by atoms with Crippen molar-refractivity contribution < 1.29 is 4.39 Å². The molecule has 0 amide bonds. The van der Waals surface area contributed by atoms with E-state index < -0.39 is 0 Å². The van der Waals surface area contributed by atoms with Crippen LogP contribution in [0.2, 0.25) is 0 Å². The van der Waals surface area contributed by atoms with Crippen molar-refractivity contribution in [3.63, 3.8) is 0 Å². The van der Waals surface area contributed by atoms with Gasteiger partial charge in [-0.3, -0.25) is 0 Å². The SMILES string of the molecule is CCN(Cc1ccc(F)cc1)Sc1cncnc1. The molecule has 0 bridgehead atoms. The Labute approximate surface area is 110 Å². The number of nitrogens with zero attached hydrogens (tertiary/aromatic N) is 3. The van der Waals surface area contributed by atoms with Crippen molar-refractivity contribution in [2.45, 2.75) is 18.4 Å². The molecular weight excluding hydrogens is 249 g/mol. The second kappa shape index (κ2) is 6.47. The van der Waals surface area contributed by atoms with Crippen LogP contribution in [0.5, 0.6) is 0 Å². The lowest BCUT2D eigenvalue weighted by Gasteiger charge is -2.18. The van der Waals surface area contributed by atoms with Gasteiger partial charge in [-0.2, -0.15) is 0 Å². The molecule has 0 aliphatic heterocycles. The molecule has 5 heteroatoms. The second-order valence-electron chi connectivity index (χ2n) is 3.75. The van der Waals surface area contributed by atoms with Crippen molar-refractivity contribution in [2.24, 2.45) is 0 Å². The molecular formula is C13H14FN3S. The van der Waals surface area contributed by atoms with E-state index in [1.54, 1.807) is 36.5 Å². The summed E-state index contributed by atoms with van der Waals surface area (Å²) < 4.78 is 15.0. The first-order chi connectivity index (χ1) is 8.78. The van der Waals surface area contributed by atoms with Crippen molar-refractivity contribution in [2.75, 3.05) is 6.54 Å². The Morgan fingerprint density at radius 3 is 2.44 bits per heavy atom. The Bertz CT molecular complexity index is 475. The molecule has 0 fully saturated rings. The first kappa shape index (κ1) is 13.0. The minimum atomic E-state index is -0.203. The van der Waals surface area contributed by atoms with Gasteiger partial charge in [0, 0.05) is 25.5 Å². The number of benzene rings is 1. The van der Waals surface area contributed by atoms with Gasteiger partial charge in [-0.15, -0.1) is 0 Å².